The number of anilines is 8. The Morgan fingerprint density at radius 1 is 0.434 bits per heavy atom. The van der Waals surface area contributed by atoms with Crippen LogP contribution in [0, 0.1) is 0 Å². The summed E-state index contributed by atoms with van der Waals surface area (Å²) in [5.74, 6) is 0. The zero-order valence-electron chi connectivity index (χ0n) is 47.8. The van der Waals surface area contributed by atoms with Crippen LogP contribution in [0.3, 0.4) is 0 Å². The van der Waals surface area contributed by atoms with Crippen LogP contribution in [0.1, 0.15) is 150 Å². The van der Waals surface area contributed by atoms with E-state index in [0.29, 0.717) is 0 Å². The smallest absolute Gasteiger partial charge is 0.252 e. The van der Waals surface area contributed by atoms with E-state index in [0.717, 1.165) is 12.8 Å². The highest BCUT2D eigenvalue weighted by Crippen LogP contribution is 2.62. The van der Waals surface area contributed by atoms with Crippen molar-refractivity contribution in [2.45, 2.75) is 155 Å². The second-order valence-corrected chi connectivity index (χ2v) is 27.3. The average Bonchev–Trinajstić information content (AvgIpc) is 3.83. The highest BCUT2D eigenvalue weighted by molar-refractivity contribution is 7.00. The Bertz CT molecular complexity index is 3570. The predicted octanol–water partition coefficient (Wildman–Crippen LogP) is 17.4. The van der Waals surface area contributed by atoms with Gasteiger partial charge < -0.3 is 14.7 Å². The number of benzene rings is 7. The van der Waals surface area contributed by atoms with Crippen LogP contribution >= 0.6 is 0 Å². The summed E-state index contributed by atoms with van der Waals surface area (Å²) < 4.78 is 0. The number of aromatic nitrogens is 1. The van der Waals surface area contributed by atoms with Crippen molar-refractivity contribution in [3.63, 3.8) is 0 Å². The van der Waals surface area contributed by atoms with Crippen molar-refractivity contribution in [1.82, 2.24) is 4.98 Å². The van der Waals surface area contributed by atoms with Gasteiger partial charge in [0.05, 0.1) is 11.2 Å². The Labute approximate surface area is 455 Å². The van der Waals surface area contributed by atoms with E-state index in [2.05, 4.69) is 268 Å². The van der Waals surface area contributed by atoms with E-state index in [1.807, 2.05) is 12.4 Å². The minimum Gasteiger partial charge on any atom is -0.334 e. The number of rotatable bonds is 5. The maximum Gasteiger partial charge on any atom is 0.252 e. The van der Waals surface area contributed by atoms with Crippen LogP contribution in [-0.2, 0) is 27.1 Å². The molecule has 3 aliphatic heterocycles. The van der Waals surface area contributed by atoms with Crippen molar-refractivity contribution in [2.75, 3.05) is 14.7 Å². The molecule has 1 saturated carbocycles. The first-order chi connectivity index (χ1) is 36.0. The lowest BCUT2D eigenvalue weighted by Crippen LogP contribution is -2.61. The Morgan fingerprint density at radius 2 is 1.03 bits per heavy atom. The molecule has 4 heterocycles. The van der Waals surface area contributed by atoms with Gasteiger partial charge in [0, 0.05) is 63.2 Å². The van der Waals surface area contributed by atoms with Gasteiger partial charge in [0.1, 0.15) is 0 Å². The first-order valence-electron chi connectivity index (χ1n) is 28.2. The summed E-state index contributed by atoms with van der Waals surface area (Å²) >= 11 is 0. The Morgan fingerprint density at radius 3 is 1.68 bits per heavy atom. The molecule has 1 aliphatic carbocycles. The highest BCUT2D eigenvalue weighted by atomic mass is 15.3. The quantitative estimate of drug-likeness (QED) is 0.160. The molecule has 4 nitrogen and oxygen atoms in total. The van der Waals surface area contributed by atoms with Crippen molar-refractivity contribution in [2.24, 2.45) is 0 Å². The number of nitrogens with zero attached hydrogens (tertiary/aromatic N) is 4. The zero-order chi connectivity index (χ0) is 53.5. The minimum atomic E-state index is -0.154. The van der Waals surface area contributed by atoms with E-state index >= 15 is 0 Å². The molecule has 4 aliphatic rings. The Balaban J connectivity index is 1.16. The molecule has 0 saturated heterocycles. The number of hydrogen-bond acceptors (Lipinski definition) is 4. The summed E-state index contributed by atoms with van der Waals surface area (Å²) in [5.41, 5.74) is 25.2. The van der Waals surface area contributed by atoms with Gasteiger partial charge in [0.15, 0.2) is 0 Å². The molecule has 0 N–H and O–H groups in total. The minimum absolute atomic E-state index is 0.0119. The third kappa shape index (κ3) is 7.88. The van der Waals surface area contributed by atoms with Gasteiger partial charge in [-0.2, -0.15) is 0 Å². The molecule has 12 rings (SSSR count). The summed E-state index contributed by atoms with van der Waals surface area (Å²) in [4.78, 5) is 12.6. The topological polar surface area (TPSA) is 22.6 Å². The standard InChI is InChI=1S/C71H77BN4/c1-66(2,3)49-25-29-53(30-26-49)74-62-44-54(76-60-33-24-47(48-23-20-38-73-45-48)39-56(60)70(13)36-18-19-37-71(70,76)14)31-32-57(62)72-58-41-51(68(7,8)9)28-35-61(58)75(64-43-52(69(10,11)12)42-63(74)65(64)72)59-34-27-50(67(4,5)6)40-55(59)46-21-16-15-17-22-46/h15-17,20-35,38-45H,18-19,36-37H2,1-14H3. The summed E-state index contributed by atoms with van der Waals surface area (Å²) in [5, 5.41) is 0. The van der Waals surface area contributed by atoms with E-state index in [1.165, 1.54) is 125 Å². The Hall–Kier alpha value is -6.85. The molecule has 1 fully saturated rings. The fraction of sp³-hybridized carbons (Fsp3) is 0.338. The molecule has 8 aromatic rings. The molecule has 5 heteroatoms. The average molecular weight is 997 g/mol. The third-order valence-corrected chi connectivity index (χ3v) is 18.3. The molecule has 0 bridgehead atoms. The summed E-state index contributed by atoms with van der Waals surface area (Å²) in [7, 11) is 0. The van der Waals surface area contributed by atoms with E-state index in [-0.39, 0.29) is 39.3 Å². The molecule has 0 spiro atoms. The lowest BCUT2D eigenvalue weighted by Gasteiger charge is -2.51. The van der Waals surface area contributed by atoms with Crippen molar-refractivity contribution >= 4 is 68.6 Å². The molecule has 0 radical (unpaired) electrons. The monoisotopic (exact) mass is 997 g/mol. The molecule has 2 atom stereocenters. The van der Waals surface area contributed by atoms with E-state index in [4.69, 9.17) is 0 Å². The summed E-state index contributed by atoms with van der Waals surface area (Å²) in [6, 6.07) is 59.5. The van der Waals surface area contributed by atoms with Crippen molar-refractivity contribution in [3.8, 4) is 22.3 Å². The normalized spacial score (nSPS) is 19.0. The van der Waals surface area contributed by atoms with Crippen LogP contribution in [0.5, 0.6) is 0 Å². The largest absolute Gasteiger partial charge is 0.334 e. The lowest BCUT2D eigenvalue weighted by molar-refractivity contribution is 0.195. The second kappa shape index (κ2) is 17.3. The van der Waals surface area contributed by atoms with Gasteiger partial charge in [-0.25, -0.2) is 0 Å². The van der Waals surface area contributed by atoms with Gasteiger partial charge in [-0.1, -0.05) is 182 Å². The number of hydrogen-bond donors (Lipinski definition) is 0. The summed E-state index contributed by atoms with van der Waals surface area (Å²) in [6.07, 6.45) is 8.61. The molecule has 1 aromatic heterocycles. The first-order valence-corrected chi connectivity index (χ1v) is 28.2. The summed E-state index contributed by atoms with van der Waals surface area (Å²) in [6.45, 7) is 33.3. The van der Waals surface area contributed by atoms with Crippen LogP contribution in [0.25, 0.3) is 22.3 Å². The fourth-order valence-electron chi connectivity index (χ4n) is 13.6. The highest BCUT2D eigenvalue weighted by Gasteiger charge is 2.58. The van der Waals surface area contributed by atoms with Gasteiger partial charge in [0.2, 0.25) is 0 Å². The van der Waals surface area contributed by atoms with Gasteiger partial charge >= 0.3 is 0 Å². The number of pyridine rings is 1. The molecule has 76 heavy (non-hydrogen) atoms. The van der Waals surface area contributed by atoms with Gasteiger partial charge in [-0.05, 0) is 175 Å². The van der Waals surface area contributed by atoms with Crippen LogP contribution in [0.2, 0.25) is 0 Å². The van der Waals surface area contributed by atoms with Crippen LogP contribution in [-0.4, -0.2) is 17.2 Å². The lowest BCUT2D eigenvalue weighted by atomic mass is 9.33. The molecule has 7 aromatic carbocycles. The molecular weight excluding hydrogens is 920 g/mol. The first kappa shape index (κ1) is 50.0. The SMILES string of the molecule is CC(C)(C)c1ccc(N2c3cc(N4c5ccc(-c6cccnc6)cc5C5(C)CCCCC45C)ccc3B3c4cc(C(C)(C)C)ccc4N(c4ccc(C(C)(C)C)cc4-c4ccccc4)c4cc(C(C)(C)C)cc2c43)cc1. The van der Waals surface area contributed by atoms with E-state index in [9.17, 15) is 0 Å². The molecule has 0 amide bonds. The molecule has 384 valence electrons. The zero-order valence-corrected chi connectivity index (χ0v) is 47.8. The molecular formula is C71H77BN4. The van der Waals surface area contributed by atoms with Gasteiger partial charge in [0.25, 0.3) is 6.71 Å². The Kier molecular flexibility index (Phi) is 11.4. The van der Waals surface area contributed by atoms with Crippen molar-refractivity contribution in [1.29, 1.82) is 0 Å². The van der Waals surface area contributed by atoms with Crippen molar-refractivity contribution < 1.29 is 0 Å². The van der Waals surface area contributed by atoms with Crippen LogP contribution in [0.15, 0.2) is 164 Å². The predicted molar refractivity (Wildman–Crippen MR) is 327 cm³/mol. The maximum absolute atomic E-state index is 4.54. The fourth-order valence-corrected chi connectivity index (χ4v) is 13.6. The number of fused-ring (bicyclic) bond motifs is 7. The van der Waals surface area contributed by atoms with Crippen LogP contribution in [0.4, 0.5) is 45.5 Å². The van der Waals surface area contributed by atoms with Gasteiger partial charge in [-0.3, -0.25) is 4.98 Å². The van der Waals surface area contributed by atoms with Gasteiger partial charge in [-0.15, -0.1) is 0 Å². The van der Waals surface area contributed by atoms with Crippen LogP contribution < -0.4 is 31.1 Å². The maximum atomic E-state index is 4.54. The third-order valence-electron chi connectivity index (χ3n) is 18.3. The van der Waals surface area contributed by atoms with E-state index in [1.54, 1.807) is 0 Å². The molecule has 2 unspecified atom stereocenters. The van der Waals surface area contributed by atoms with Crippen molar-refractivity contribution in [3.05, 3.63) is 192 Å². The van der Waals surface area contributed by atoms with E-state index < -0.39 is 0 Å². The second-order valence-electron chi connectivity index (χ2n) is 27.3.